The van der Waals surface area contributed by atoms with Crippen molar-refractivity contribution in [3.8, 4) is 0 Å². The fourth-order valence-corrected chi connectivity index (χ4v) is 4.38. The maximum absolute atomic E-state index is 12.8. The van der Waals surface area contributed by atoms with Gasteiger partial charge in [-0.1, -0.05) is 12.8 Å². The SMILES string of the molecule is O=C(Nc1ccc(C(=O)NC2CCCC2)cc1)c1ccc2c(c1)C(=O)N(Cc1ccco1)C2=O. The van der Waals surface area contributed by atoms with Crippen LogP contribution in [-0.4, -0.2) is 34.6 Å². The molecule has 4 amide bonds. The first-order valence-electron chi connectivity index (χ1n) is 11.2. The van der Waals surface area contributed by atoms with E-state index in [0.29, 0.717) is 17.0 Å². The van der Waals surface area contributed by atoms with E-state index in [4.69, 9.17) is 4.42 Å². The van der Waals surface area contributed by atoms with Crippen molar-refractivity contribution in [2.75, 3.05) is 5.32 Å². The van der Waals surface area contributed by atoms with Crippen molar-refractivity contribution in [3.05, 3.63) is 88.9 Å². The highest BCUT2D eigenvalue weighted by Crippen LogP contribution is 2.26. The molecule has 2 aromatic carbocycles. The number of benzene rings is 2. The van der Waals surface area contributed by atoms with E-state index in [-0.39, 0.29) is 35.2 Å². The number of carbonyl (C=O) groups is 4. The average Bonchev–Trinajstić information content (AvgIpc) is 3.59. The summed E-state index contributed by atoms with van der Waals surface area (Å²) in [4.78, 5) is 51.7. The fourth-order valence-electron chi connectivity index (χ4n) is 4.38. The number of nitrogens with one attached hydrogen (secondary N) is 2. The maximum Gasteiger partial charge on any atom is 0.261 e. The number of fused-ring (bicyclic) bond motifs is 1. The topological polar surface area (TPSA) is 109 Å². The van der Waals surface area contributed by atoms with E-state index in [9.17, 15) is 19.2 Å². The zero-order valence-electron chi connectivity index (χ0n) is 18.4. The molecular weight excluding hydrogens is 434 g/mol. The lowest BCUT2D eigenvalue weighted by Crippen LogP contribution is -2.32. The molecule has 1 aliphatic heterocycles. The fraction of sp³-hybridized carbons (Fsp3) is 0.231. The van der Waals surface area contributed by atoms with Gasteiger partial charge >= 0.3 is 0 Å². The second kappa shape index (κ2) is 8.97. The molecule has 8 heteroatoms. The number of furan rings is 1. The van der Waals surface area contributed by atoms with E-state index in [2.05, 4.69) is 10.6 Å². The van der Waals surface area contributed by atoms with Gasteiger partial charge in [0.25, 0.3) is 23.6 Å². The quantitative estimate of drug-likeness (QED) is 0.544. The lowest BCUT2D eigenvalue weighted by atomic mass is 10.1. The molecular formula is C26H23N3O5. The third kappa shape index (κ3) is 4.22. The van der Waals surface area contributed by atoms with Crippen molar-refractivity contribution < 1.29 is 23.6 Å². The van der Waals surface area contributed by atoms with Crippen LogP contribution in [0.5, 0.6) is 0 Å². The Balaban J connectivity index is 1.25. The first kappa shape index (κ1) is 21.6. The highest BCUT2D eigenvalue weighted by molar-refractivity contribution is 6.22. The predicted molar refractivity (Wildman–Crippen MR) is 123 cm³/mol. The first-order chi connectivity index (χ1) is 16.5. The molecule has 1 aromatic heterocycles. The standard InChI is InChI=1S/C26H23N3O5/c30-23(27-18-4-1-2-5-18)16-7-10-19(11-8-16)28-24(31)17-9-12-21-22(14-17)26(33)29(25(21)32)15-20-6-3-13-34-20/h3,6-14,18H,1-2,4-5,15H2,(H,27,30)(H,28,31). The van der Waals surface area contributed by atoms with Crippen LogP contribution < -0.4 is 10.6 Å². The van der Waals surface area contributed by atoms with Gasteiger partial charge < -0.3 is 15.1 Å². The Kier molecular flexibility index (Phi) is 5.71. The molecule has 1 aliphatic carbocycles. The van der Waals surface area contributed by atoms with Gasteiger partial charge in [-0.05, 0) is 67.4 Å². The Morgan fingerprint density at radius 2 is 1.59 bits per heavy atom. The Morgan fingerprint density at radius 3 is 2.29 bits per heavy atom. The molecule has 34 heavy (non-hydrogen) atoms. The summed E-state index contributed by atoms with van der Waals surface area (Å²) in [5.41, 5.74) is 1.74. The smallest absolute Gasteiger partial charge is 0.261 e. The summed E-state index contributed by atoms with van der Waals surface area (Å²) in [7, 11) is 0. The molecule has 3 aromatic rings. The summed E-state index contributed by atoms with van der Waals surface area (Å²) in [6.45, 7) is 0.0293. The van der Waals surface area contributed by atoms with Crippen LogP contribution in [0, 0.1) is 0 Å². The molecule has 8 nitrogen and oxygen atoms in total. The van der Waals surface area contributed by atoms with Gasteiger partial charge in [0, 0.05) is 22.9 Å². The average molecular weight is 457 g/mol. The molecule has 0 spiro atoms. The molecule has 2 aliphatic rings. The molecule has 1 saturated carbocycles. The van der Waals surface area contributed by atoms with Crippen LogP contribution in [0.25, 0.3) is 0 Å². The number of imide groups is 1. The second-order valence-corrected chi connectivity index (χ2v) is 8.52. The number of nitrogens with zero attached hydrogens (tertiary/aromatic N) is 1. The summed E-state index contributed by atoms with van der Waals surface area (Å²) < 4.78 is 5.24. The van der Waals surface area contributed by atoms with E-state index in [1.807, 2.05) is 0 Å². The van der Waals surface area contributed by atoms with E-state index >= 15 is 0 Å². The molecule has 5 rings (SSSR count). The van der Waals surface area contributed by atoms with Gasteiger partial charge in [0.1, 0.15) is 5.76 Å². The molecule has 2 heterocycles. The molecule has 0 saturated heterocycles. The molecule has 2 N–H and O–H groups in total. The van der Waals surface area contributed by atoms with Gasteiger partial charge in [-0.25, -0.2) is 0 Å². The molecule has 1 fully saturated rings. The molecule has 172 valence electrons. The lowest BCUT2D eigenvalue weighted by molar-refractivity contribution is 0.0631. The maximum atomic E-state index is 12.8. The summed E-state index contributed by atoms with van der Waals surface area (Å²) >= 11 is 0. The van der Waals surface area contributed by atoms with Crippen LogP contribution in [-0.2, 0) is 6.54 Å². The van der Waals surface area contributed by atoms with E-state index in [1.165, 1.54) is 24.5 Å². The highest BCUT2D eigenvalue weighted by atomic mass is 16.3. The van der Waals surface area contributed by atoms with Gasteiger partial charge in [0.2, 0.25) is 0 Å². The van der Waals surface area contributed by atoms with Crippen LogP contribution in [0.1, 0.15) is 72.9 Å². The van der Waals surface area contributed by atoms with Crippen molar-refractivity contribution in [1.82, 2.24) is 10.2 Å². The number of hydrogen-bond donors (Lipinski definition) is 2. The summed E-state index contributed by atoms with van der Waals surface area (Å²) in [5, 5.41) is 5.80. The Bertz CT molecular complexity index is 1260. The lowest BCUT2D eigenvalue weighted by Gasteiger charge is -2.12. The van der Waals surface area contributed by atoms with Crippen LogP contribution in [0.2, 0.25) is 0 Å². The monoisotopic (exact) mass is 457 g/mol. The zero-order valence-corrected chi connectivity index (χ0v) is 18.4. The predicted octanol–water partition coefficient (Wildman–Crippen LogP) is 4.00. The third-order valence-electron chi connectivity index (χ3n) is 6.22. The van der Waals surface area contributed by atoms with E-state index in [1.54, 1.807) is 36.4 Å². The number of anilines is 1. The minimum atomic E-state index is -0.469. The van der Waals surface area contributed by atoms with Crippen LogP contribution in [0.15, 0.2) is 65.3 Å². The molecule has 0 atom stereocenters. The molecule has 0 unspecified atom stereocenters. The van der Waals surface area contributed by atoms with E-state index < -0.39 is 17.7 Å². The van der Waals surface area contributed by atoms with Gasteiger partial charge in [-0.2, -0.15) is 0 Å². The van der Waals surface area contributed by atoms with Crippen LogP contribution in [0.3, 0.4) is 0 Å². The van der Waals surface area contributed by atoms with Crippen LogP contribution in [0.4, 0.5) is 5.69 Å². The number of carbonyl (C=O) groups excluding carboxylic acids is 4. The van der Waals surface area contributed by atoms with Crippen molar-refractivity contribution in [3.63, 3.8) is 0 Å². The second-order valence-electron chi connectivity index (χ2n) is 8.52. The van der Waals surface area contributed by atoms with Crippen molar-refractivity contribution >= 4 is 29.3 Å². The van der Waals surface area contributed by atoms with Crippen LogP contribution >= 0.6 is 0 Å². The van der Waals surface area contributed by atoms with Crippen molar-refractivity contribution in [2.45, 2.75) is 38.3 Å². The van der Waals surface area contributed by atoms with Crippen molar-refractivity contribution in [2.24, 2.45) is 0 Å². The van der Waals surface area contributed by atoms with Gasteiger partial charge in [0.05, 0.1) is 23.9 Å². The summed E-state index contributed by atoms with van der Waals surface area (Å²) in [5.74, 6) is -0.937. The normalized spacial score (nSPS) is 15.5. The molecule has 0 radical (unpaired) electrons. The van der Waals surface area contributed by atoms with Gasteiger partial charge in [-0.3, -0.25) is 24.1 Å². The molecule has 0 bridgehead atoms. The summed E-state index contributed by atoms with van der Waals surface area (Å²) in [6.07, 6.45) is 5.77. The largest absolute Gasteiger partial charge is 0.467 e. The zero-order chi connectivity index (χ0) is 23.7. The Labute approximate surface area is 195 Å². The van der Waals surface area contributed by atoms with Gasteiger partial charge in [0.15, 0.2) is 0 Å². The highest BCUT2D eigenvalue weighted by Gasteiger charge is 2.36. The Hall–Kier alpha value is -4.20. The van der Waals surface area contributed by atoms with Crippen molar-refractivity contribution in [1.29, 1.82) is 0 Å². The number of hydrogen-bond acceptors (Lipinski definition) is 5. The van der Waals surface area contributed by atoms with E-state index in [0.717, 1.165) is 30.6 Å². The Morgan fingerprint density at radius 1 is 0.882 bits per heavy atom. The van der Waals surface area contributed by atoms with Gasteiger partial charge in [-0.15, -0.1) is 0 Å². The minimum absolute atomic E-state index is 0.0293. The number of rotatable bonds is 6. The minimum Gasteiger partial charge on any atom is -0.467 e. The first-order valence-corrected chi connectivity index (χ1v) is 11.2. The summed E-state index contributed by atoms with van der Waals surface area (Å²) in [6, 6.07) is 14.7. The number of amides is 4. The third-order valence-corrected chi connectivity index (χ3v) is 6.22.